The van der Waals surface area contributed by atoms with Crippen LogP contribution in [0.2, 0.25) is 0 Å². The van der Waals surface area contributed by atoms with Crippen LogP contribution in [0, 0.1) is 16.1 Å². The van der Waals surface area contributed by atoms with Crippen LogP contribution in [0.1, 0.15) is 24.1 Å². The van der Waals surface area contributed by atoms with Crippen LogP contribution in [0.25, 0.3) is 11.0 Å². The molecule has 0 bridgehead atoms. The summed E-state index contributed by atoms with van der Waals surface area (Å²) in [6, 6.07) is 11.8. The minimum Gasteiger partial charge on any atom is -0.329 e. The van der Waals surface area contributed by atoms with Crippen LogP contribution < -0.4 is 0 Å². The molecule has 1 unspecified atom stereocenters. The maximum absolute atomic E-state index is 9.17. The number of rotatable bonds is 2. The van der Waals surface area contributed by atoms with Gasteiger partial charge in [0.05, 0.1) is 22.6 Å². The Labute approximate surface area is 121 Å². The van der Waals surface area contributed by atoms with Crippen molar-refractivity contribution in [1.82, 2.24) is 14.5 Å². The third-order valence-electron chi connectivity index (χ3n) is 3.45. The fourth-order valence-corrected chi connectivity index (χ4v) is 2.78. The predicted octanol–water partition coefficient (Wildman–Crippen LogP) is 3.57. The molecule has 3 aromatic rings. The molecule has 20 heavy (non-hydrogen) atoms. The summed E-state index contributed by atoms with van der Waals surface area (Å²) in [5.74, 6) is 0. The number of nitrogens with zero attached hydrogens (tertiary/aromatic N) is 3. The Kier molecular flexibility index (Phi) is 3.09. The van der Waals surface area contributed by atoms with Gasteiger partial charge in [-0.2, -0.15) is 5.26 Å². The van der Waals surface area contributed by atoms with Crippen molar-refractivity contribution >= 4 is 23.3 Å². The number of nitriles is 1. The molecule has 0 saturated heterocycles. The summed E-state index contributed by atoms with van der Waals surface area (Å²) in [5, 5.41) is 9.17. The molecule has 5 heteroatoms. The van der Waals surface area contributed by atoms with E-state index in [9.17, 15) is 0 Å². The topological polar surface area (TPSA) is 57.4 Å². The van der Waals surface area contributed by atoms with Crippen molar-refractivity contribution < 1.29 is 0 Å². The summed E-state index contributed by atoms with van der Waals surface area (Å²) >= 11 is 5.42. The molecule has 0 spiro atoms. The summed E-state index contributed by atoms with van der Waals surface area (Å²) in [5.41, 5.74) is 3.47. The molecule has 1 atom stereocenters. The van der Waals surface area contributed by atoms with Gasteiger partial charge in [-0.25, -0.2) is 0 Å². The third kappa shape index (κ3) is 1.91. The second kappa shape index (κ2) is 4.91. The number of imidazole rings is 1. The molecule has 0 aliphatic carbocycles. The molecule has 0 amide bonds. The second-order valence-corrected chi connectivity index (χ2v) is 4.95. The Morgan fingerprint density at radius 3 is 2.75 bits per heavy atom. The molecule has 0 saturated carbocycles. The molecule has 0 fully saturated rings. The van der Waals surface area contributed by atoms with E-state index in [-0.39, 0.29) is 6.04 Å². The number of pyridine rings is 1. The molecule has 0 radical (unpaired) electrons. The fraction of sp³-hybridized carbons (Fsp3) is 0.133. The van der Waals surface area contributed by atoms with E-state index < -0.39 is 0 Å². The van der Waals surface area contributed by atoms with Crippen LogP contribution in [0.5, 0.6) is 0 Å². The largest absolute Gasteiger partial charge is 0.329 e. The van der Waals surface area contributed by atoms with Gasteiger partial charge < -0.3 is 9.55 Å². The lowest BCUT2D eigenvalue weighted by Crippen LogP contribution is -2.06. The van der Waals surface area contributed by atoms with Gasteiger partial charge in [-0.3, -0.25) is 4.98 Å². The number of para-hydroxylation sites is 1. The zero-order chi connectivity index (χ0) is 14.1. The SMILES string of the molecule is CC(c1ccncc1)n1c(=S)[nH]c2c(C#N)cccc21. The molecule has 0 aliphatic rings. The van der Waals surface area contributed by atoms with Crippen LogP contribution >= 0.6 is 12.2 Å². The van der Waals surface area contributed by atoms with Gasteiger partial charge in [0, 0.05) is 12.4 Å². The normalized spacial score (nSPS) is 12.2. The number of hydrogen-bond acceptors (Lipinski definition) is 3. The first kappa shape index (κ1) is 12.6. The van der Waals surface area contributed by atoms with E-state index in [1.165, 1.54) is 0 Å². The summed E-state index contributed by atoms with van der Waals surface area (Å²) in [6.45, 7) is 2.08. The van der Waals surface area contributed by atoms with Gasteiger partial charge in [0.25, 0.3) is 0 Å². The predicted molar refractivity (Wildman–Crippen MR) is 79.9 cm³/mol. The highest BCUT2D eigenvalue weighted by molar-refractivity contribution is 7.71. The van der Waals surface area contributed by atoms with Crippen molar-refractivity contribution in [3.8, 4) is 6.07 Å². The molecule has 4 nitrogen and oxygen atoms in total. The van der Waals surface area contributed by atoms with Crippen molar-refractivity contribution in [2.24, 2.45) is 0 Å². The summed E-state index contributed by atoms with van der Waals surface area (Å²) < 4.78 is 2.65. The molecular weight excluding hydrogens is 268 g/mol. The number of fused-ring (bicyclic) bond motifs is 1. The minimum absolute atomic E-state index is 0.0770. The number of benzene rings is 1. The summed E-state index contributed by atoms with van der Waals surface area (Å²) in [4.78, 5) is 7.17. The monoisotopic (exact) mass is 280 g/mol. The lowest BCUT2D eigenvalue weighted by Gasteiger charge is -2.14. The van der Waals surface area contributed by atoms with Crippen LogP contribution in [0.4, 0.5) is 0 Å². The fourth-order valence-electron chi connectivity index (χ4n) is 2.42. The highest BCUT2D eigenvalue weighted by atomic mass is 32.1. The molecule has 1 N–H and O–H groups in total. The second-order valence-electron chi connectivity index (χ2n) is 4.57. The molecule has 3 rings (SSSR count). The molecule has 2 aromatic heterocycles. The molecule has 98 valence electrons. The van der Waals surface area contributed by atoms with Crippen molar-refractivity contribution in [2.45, 2.75) is 13.0 Å². The Morgan fingerprint density at radius 1 is 1.30 bits per heavy atom. The standard InChI is InChI=1S/C15H12N4S/c1-10(11-5-7-17-8-6-11)19-13-4-2-3-12(9-16)14(13)18-15(19)20/h2-8,10H,1H3,(H,18,20). The van der Waals surface area contributed by atoms with Crippen LogP contribution in [-0.2, 0) is 0 Å². The summed E-state index contributed by atoms with van der Waals surface area (Å²) in [6.07, 6.45) is 3.54. The maximum Gasteiger partial charge on any atom is 0.178 e. The van der Waals surface area contributed by atoms with Gasteiger partial charge in [-0.1, -0.05) is 6.07 Å². The average Bonchev–Trinajstić information content (AvgIpc) is 2.83. The minimum atomic E-state index is 0.0770. The Hall–Kier alpha value is -2.45. The first-order valence-electron chi connectivity index (χ1n) is 6.25. The van der Waals surface area contributed by atoms with E-state index in [4.69, 9.17) is 17.5 Å². The molecular formula is C15H12N4S. The maximum atomic E-state index is 9.17. The van der Waals surface area contributed by atoms with E-state index in [0.29, 0.717) is 10.3 Å². The average molecular weight is 280 g/mol. The zero-order valence-electron chi connectivity index (χ0n) is 10.9. The van der Waals surface area contributed by atoms with E-state index in [1.54, 1.807) is 18.5 Å². The third-order valence-corrected chi connectivity index (χ3v) is 3.75. The van der Waals surface area contributed by atoms with Crippen molar-refractivity contribution in [1.29, 1.82) is 5.26 Å². The van der Waals surface area contributed by atoms with Crippen LogP contribution in [0.15, 0.2) is 42.7 Å². The van der Waals surface area contributed by atoms with Crippen LogP contribution in [-0.4, -0.2) is 14.5 Å². The van der Waals surface area contributed by atoms with E-state index in [1.807, 2.05) is 28.8 Å². The van der Waals surface area contributed by atoms with Gasteiger partial charge in [-0.05, 0) is 49.0 Å². The van der Waals surface area contributed by atoms with Gasteiger partial charge >= 0.3 is 0 Å². The highest BCUT2D eigenvalue weighted by Gasteiger charge is 2.14. The zero-order valence-corrected chi connectivity index (χ0v) is 11.7. The number of hydrogen-bond donors (Lipinski definition) is 1. The number of aromatic amines is 1. The van der Waals surface area contributed by atoms with E-state index in [2.05, 4.69) is 23.0 Å². The van der Waals surface area contributed by atoms with Gasteiger partial charge in [-0.15, -0.1) is 0 Å². The molecule has 0 aliphatic heterocycles. The number of nitrogens with one attached hydrogen (secondary N) is 1. The molecule has 1 aromatic carbocycles. The van der Waals surface area contributed by atoms with Crippen molar-refractivity contribution in [3.05, 3.63) is 58.6 Å². The number of H-pyrrole nitrogens is 1. The highest BCUT2D eigenvalue weighted by Crippen LogP contribution is 2.25. The lowest BCUT2D eigenvalue weighted by atomic mass is 10.1. The van der Waals surface area contributed by atoms with E-state index in [0.717, 1.165) is 16.6 Å². The number of aromatic nitrogens is 3. The van der Waals surface area contributed by atoms with Gasteiger partial charge in [0.2, 0.25) is 0 Å². The van der Waals surface area contributed by atoms with Gasteiger partial charge in [0.15, 0.2) is 4.77 Å². The first-order valence-corrected chi connectivity index (χ1v) is 6.66. The summed E-state index contributed by atoms with van der Waals surface area (Å²) in [7, 11) is 0. The van der Waals surface area contributed by atoms with Crippen molar-refractivity contribution in [3.63, 3.8) is 0 Å². The van der Waals surface area contributed by atoms with Crippen molar-refractivity contribution in [2.75, 3.05) is 0 Å². The quantitative estimate of drug-likeness (QED) is 0.730. The smallest absolute Gasteiger partial charge is 0.178 e. The van der Waals surface area contributed by atoms with E-state index >= 15 is 0 Å². The Morgan fingerprint density at radius 2 is 2.05 bits per heavy atom. The Bertz CT molecular complexity index is 855. The Balaban J connectivity index is 2.25. The molecule has 2 heterocycles. The van der Waals surface area contributed by atoms with Gasteiger partial charge in [0.1, 0.15) is 6.07 Å². The van der Waals surface area contributed by atoms with Crippen LogP contribution in [0.3, 0.4) is 0 Å². The first-order chi connectivity index (χ1) is 9.72. The lowest BCUT2D eigenvalue weighted by molar-refractivity contribution is 0.648.